The Hall–Kier alpha value is -3.78. The highest BCUT2D eigenvalue weighted by Gasteiger charge is 2.12. The number of carbonyl (C=O) groups is 1. The molecule has 3 rings (SSSR count). The van der Waals surface area contributed by atoms with Crippen molar-refractivity contribution in [2.45, 2.75) is 0 Å². The normalized spacial score (nSPS) is 10.9. The maximum atomic E-state index is 12.5. The third-order valence-corrected chi connectivity index (χ3v) is 4.11. The predicted molar refractivity (Wildman–Crippen MR) is 106 cm³/mol. The second kappa shape index (κ2) is 8.07. The minimum Gasteiger partial charge on any atom is -0.497 e. The number of hydrogen-bond acceptors (Lipinski definition) is 4. The van der Waals surface area contributed by atoms with Gasteiger partial charge in [0.05, 0.1) is 14.2 Å². The zero-order valence-corrected chi connectivity index (χ0v) is 15.0. The number of hydrogen-bond donors (Lipinski definition) is 1. The van der Waals surface area contributed by atoms with Crippen LogP contribution in [-0.4, -0.2) is 20.1 Å². The van der Waals surface area contributed by atoms with Crippen LogP contribution < -0.4 is 14.8 Å². The number of anilines is 1. The van der Waals surface area contributed by atoms with Gasteiger partial charge < -0.3 is 14.8 Å². The van der Waals surface area contributed by atoms with E-state index in [1.165, 1.54) is 13.2 Å². The van der Waals surface area contributed by atoms with Crippen LogP contribution in [0.3, 0.4) is 0 Å². The van der Waals surface area contributed by atoms with Gasteiger partial charge in [-0.1, -0.05) is 30.3 Å². The Labute approximate surface area is 157 Å². The van der Waals surface area contributed by atoms with Crippen LogP contribution in [0.2, 0.25) is 0 Å². The van der Waals surface area contributed by atoms with Gasteiger partial charge in [-0.2, -0.15) is 5.26 Å². The first kappa shape index (κ1) is 18.0. The molecule has 0 bridgehead atoms. The van der Waals surface area contributed by atoms with Crippen LogP contribution >= 0.6 is 0 Å². The van der Waals surface area contributed by atoms with Crippen molar-refractivity contribution in [2.24, 2.45) is 0 Å². The van der Waals surface area contributed by atoms with Crippen LogP contribution in [0.1, 0.15) is 5.56 Å². The quantitative estimate of drug-likeness (QED) is 0.542. The summed E-state index contributed by atoms with van der Waals surface area (Å²) in [4.78, 5) is 12.5. The third kappa shape index (κ3) is 4.07. The lowest BCUT2D eigenvalue weighted by Crippen LogP contribution is -2.13. The van der Waals surface area contributed by atoms with Crippen molar-refractivity contribution in [1.29, 1.82) is 5.26 Å². The number of fused-ring (bicyclic) bond motifs is 1. The summed E-state index contributed by atoms with van der Waals surface area (Å²) in [6, 6.07) is 20.6. The summed E-state index contributed by atoms with van der Waals surface area (Å²) in [6.07, 6.45) is 1.49. The Bertz CT molecular complexity index is 1060. The summed E-state index contributed by atoms with van der Waals surface area (Å²) in [5.74, 6) is 0.661. The average Bonchev–Trinajstić information content (AvgIpc) is 2.71. The highest BCUT2D eigenvalue weighted by Crippen LogP contribution is 2.27. The van der Waals surface area contributed by atoms with E-state index >= 15 is 0 Å². The van der Waals surface area contributed by atoms with Crippen molar-refractivity contribution in [2.75, 3.05) is 19.5 Å². The Kier molecular flexibility index (Phi) is 5.38. The molecule has 0 aliphatic carbocycles. The van der Waals surface area contributed by atoms with Gasteiger partial charge in [0.15, 0.2) is 0 Å². The molecule has 1 amide bonds. The number of amides is 1. The van der Waals surface area contributed by atoms with Crippen molar-refractivity contribution in [3.63, 3.8) is 0 Å². The van der Waals surface area contributed by atoms with Crippen LogP contribution in [0.4, 0.5) is 5.69 Å². The van der Waals surface area contributed by atoms with Gasteiger partial charge in [-0.15, -0.1) is 0 Å². The van der Waals surface area contributed by atoms with E-state index in [1.54, 1.807) is 25.3 Å². The first-order valence-electron chi connectivity index (χ1n) is 8.28. The molecule has 0 aromatic heterocycles. The van der Waals surface area contributed by atoms with Gasteiger partial charge in [0, 0.05) is 17.3 Å². The molecule has 27 heavy (non-hydrogen) atoms. The number of carbonyl (C=O) groups excluding carboxylic acids is 1. The molecule has 0 aliphatic rings. The lowest BCUT2D eigenvalue weighted by Gasteiger charge is -2.09. The van der Waals surface area contributed by atoms with Crippen molar-refractivity contribution in [3.8, 4) is 17.6 Å². The van der Waals surface area contributed by atoms with Gasteiger partial charge in [0.25, 0.3) is 5.91 Å². The lowest BCUT2D eigenvalue weighted by molar-refractivity contribution is -0.112. The molecule has 0 aliphatic heterocycles. The second-order valence-corrected chi connectivity index (χ2v) is 5.79. The van der Waals surface area contributed by atoms with E-state index in [9.17, 15) is 10.1 Å². The van der Waals surface area contributed by atoms with Crippen LogP contribution in [-0.2, 0) is 4.79 Å². The SMILES string of the molecule is COc1ccc(/C=C(\C#N)C(=O)Nc2ccc3ccccc3c2)c(OC)c1. The zero-order chi connectivity index (χ0) is 19.2. The van der Waals surface area contributed by atoms with Gasteiger partial charge >= 0.3 is 0 Å². The molecule has 3 aromatic rings. The summed E-state index contributed by atoms with van der Waals surface area (Å²) in [5, 5.41) is 14.3. The van der Waals surface area contributed by atoms with Crippen LogP contribution in [0, 0.1) is 11.3 Å². The summed E-state index contributed by atoms with van der Waals surface area (Å²) in [7, 11) is 3.08. The first-order chi connectivity index (χ1) is 13.1. The summed E-state index contributed by atoms with van der Waals surface area (Å²) >= 11 is 0. The van der Waals surface area contributed by atoms with Gasteiger partial charge in [0.1, 0.15) is 23.1 Å². The lowest BCUT2D eigenvalue weighted by atomic mass is 10.1. The van der Waals surface area contributed by atoms with Crippen LogP contribution in [0.5, 0.6) is 11.5 Å². The van der Waals surface area contributed by atoms with Crippen molar-refractivity contribution in [1.82, 2.24) is 0 Å². The largest absolute Gasteiger partial charge is 0.497 e. The number of nitrogens with zero attached hydrogens (tertiary/aromatic N) is 1. The number of nitriles is 1. The van der Waals surface area contributed by atoms with Crippen LogP contribution in [0.25, 0.3) is 16.8 Å². The monoisotopic (exact) mass is 358 g/mol. The van der Waals surface area contributed by atoms with Crippen molar-refractivity contribution >= 4 is 28.4 Å². The number of methoxy groups -OCH3 is 2. The number of ether oxygens (including phenoxy) is 2. The number of nitrogens with one attached hydrogen (secondary N) is 1. The topological polar surface area (TPSA) is 71.3 Å². The summed E-state index contributed by atoms with van der Waals surface area (Å²) in [6.45, 7) is 0. The zero-order valence-electron chi connectivity index (χ0n) is 15.0. The summed E-state index contributed by atoms with van der Waals surface area (Å²) in [5.41, 5.74) is 1.22. The minimum absolute atomic E-state index is 0.0216. The molecular formula is C22H18N2O3. The third-order valence-electron chi connectivity index (χ3n) is 4.11. The maximum absolute atomic E-state index is 12.5. The first-order valence-corrected chi connectivity index (χ1v) is 8.28. The molecule has 0 atom stereocenters. The molecule has 5 heteroatoms. The molecule has 5 nitrogen and oxygen atoms in total. The van der Waals surface area contributed by atoms with Crippen LogP contribution in [0.15, 0.2) is 66.2 Å². The van der Waals surface area contributed by atoms with E-state index in [2.05, 4.69) is 5.32 Å². The fraction of sp³-hybridized carbons (Fsp3) is 0.0909. The van der Waals surface area contributed by atoms with E-state index in [0.717, 1.165) is 10.8 Å². The molecule has 3 aromatic carbocycles. The standard InChI is InChI=1S/C22H18N2O3/c1-26-20-10-8-17(21(13-20)27-2)11-18(14-23)22(25)24-19-9-7-15-5-3-4-6-16(15)12-19/h3-13H,1-2H3,(H,24,25)/b18-11+. The molecule has 134 valence electrons. The fourth-order valence-electron chi connectivity index (χ4n) is 2.71. The summed E-state index contributed by atoms with van der Waals surface area (Å²) < 4.78 is 10.5. The Morgan fingerprint density at radius 3 is 2.48 bits per heavy atom. The van der Waals surface area contributed by atoms with E-state index in [1.807, 2.05) is 48.5 Å². The second-order valence-electron chi connectivity index (χ2n) is 5.79. The van der Waals surface area contributed by atoms with E-state index < -0.39 is 5.91 Å². The molecule has 0 radical (unpaired) electrons. The highest BCUT2D eigenvalue weighted by molar-refractivity contribution is 6.10. The molecule has 0 unspecified atom stereocenters. The van der Waals surface area contributed by atoms with Gasteiger partial charge in [-0.25, -0.2) is 0 Å². The molecular weight excluding hydrogens is 340 g/mol. The minimum atomic E-state index is -0.481. The average molecular weight is 358 g/mol. The van der Waals surface area contributed by atoms with Crippen molar-refractivity contribution in [3.05, 3.63) is 71.8 Å². The predicted octanol–water partition coefficient (Wildman–Crippen LogP) is 4.40. The number of benzene rings is 3. The van der Waals surface area contributed by atoms with Gasteiger partial charge in [0.2, 0.25) is 0 Å². The molecule has 0 saturated carbocycles. The molecule has 0 saturated heterocycles. The maximum Gasteiger partial charge on any atom is 0.266 e. The molecule has 0 fully saturated rings. The molecule has 0 spiro atoms. The Balaban J connectivity index is 1.87. The number of rotatable bonds is 5. The van der Waals surface area contributed by atoms with Gasteiger partial charge in [-0.3, -0.25) is 4.79 Å². The molecule has 1 N–H and O–H groups in total. The Morgan fingerprint density at radius 2 is 1.78 bits per heavy atom. The highest BCUT2D eigenvalue weighted by atomic mass is 16.5. The smallest absolute Gasteiger partial charge is 0.266 e. The fourth-order valence-corrected chi connectivity index (χ4v) is 2.71. The van der Waals surface area contributed by atoms with E-state index in [4.69, 9.17) is 9.47 Å². The van der Waals surface area contributed by atoms with E-state index in [0.29, 0.717) is 22.7 Å². The van der Waals surface area contributed by atoms with E-state index in [-0.39, 0.29) is 5.57 Å². The van der Waals surface area contributed by atoms with Gasteiger partial charge in [-0.05, 0) is 41.1 Å². The molecule has 0 heterocycles. The Morgan fingerprint density at radius 1 is 1.00 bits per heavy atom. The van der Waals surface area contributed by atoms with Crippen molar-refractivity contribution < 1.29 is 14.3 Å².